The van der Waals surface area contributed by atoms with Crippen LogP contribution in [0.4, 0.5) is 0 Å². The van der Waals surface area contributed by atoms with Crippen molar-refractivity contribution in [1.29, 1.82) is 0 Å². The van der Waals surface area contributed by atoms with Crippen LogP contribution in [0.3, 0.4) is 0 Å². The predicted molar refractivity (Wildman–Crippen MR) is 137 cm³/mol. The molecular weight excluding hydrogens is 420 g/mol. The van der Waals surface area contributed by atoms with Gasteiger partial charge in [-0.1, -0.05) is 42.5 Å². The number of aromatic nitrogens is 4. The molecule has 7 aromatic rings. The molecule has 0 N–H and O–H groups in total. The molecule has 5 heteroatoms. The average Bonchev–Trinajstić information content (AvgIpc) is 3.40. The summed E-state index contributed by atoms with van der Waals surface area (Å²) in [5.74, 6) is 0.809. The number of hydrogen-bond donors (Lipinski definition) is 0. The van der Waals surface area contributed by atoms with Gasteiger partial charge in [0, 0.05) is 29.0 Å². The first-order valence-corrected chi connectivity index (χ1v) is 11.2. The van der Waals surface area contributed by atoms with Crippen molar-refractivity contribution in [3.8, 4) is 17.1 Å². The highest BCUT2D eigenvalue weighted by Crippen LogP contribution is 2.37. The lowest BCUT2D eigenvalue weighted by atomic mass is 10.2. The van der Waals surface area contributed by atoms with Gasteiger partial charge in [0.2, 0.25) is 0 Å². The van der Waals surface area contributed by atoms with Crippen molar-refractivity contribution in [3.63, 3.8) is 0 Å². The number of ether oxygens (including phenoxy) is 1. The van der Waals surface area contributed by atoms with Crippen LogP contribution < -0.4 is 4.74 Å². The molecular formula is C29H20N4O. The van der Waals surface area contributed by atoms with Crippen molar-refractivity contribution >= 4 is 44.0 Å². The Morgan fingerprint density at radius 3 is 2.21 bits per heavy atom. The zero-order chi connectivity index (χ0) is 22.6. The van der Waals surface area contributed by atoms with E-state index < -0.39 is 0 Å². The van der Waals surface area contributed by atoms with Gasteiger partial charge in [0.25, 0.3) is 0 Å². The molecule has 0 radical (unpaired) electrons. The molecule has 5 nitrogen and oxygen atoms in total. The molecule has 0 amide bonds. The second-order valence-electron chi connectivity index (χ2n) is 8.32. The fourth-order valence-electron chi connectivity index (χ4n) is 4.98. The Morgan fingerprint density at radius 1 is 0.588 bits per heavy atom. The quantitative estimate of drug-likeness (QED) is 0.308. The standard InChI is InChI=1S/C29H20N4O/c1-34-21-12-7-11-20(17-21)33-24-15-8-16-30-28(24)29-26(33)18-25-27(31-29)22-13-5-6-14-23(22)32(25)19-9-3-2-4-10-19/h2-18H,1H3. The number of rotatable bonds is 3. The molecule has 0 bridgehead atoms. The van der Waals surface area contributed by atoms with Crippen LogP contribution >= 0.6 is 0 Å². The monoisotopic (exact) mass is 440 g/mol. The number of methoxy groups -OCH3 is 1. The number of hydrogen-bond acceptors (Lipinski definition) is 3. The molecule has 34 heavy (non-hydrogen) atoms. The molecule has 4 aromatic heterocycles. The summed E-state index contributed by atoms with van der Waals surface area (Å²) in [6, 6.07) is 33.3. The summed E-state index contributed by atoms with van der Waals surface area (Å²) in [6.07, 6.45) is 1.83. The lowest BCUT2D eigenvalue weighted by Gasteiger charge is -2.10. The predicted octanol–water partition coefficient (Wildman–Crippen LogP) is 6.68. The van der Waals surface area contributed by atoms with Gasteiger partial charge < -0.3 is 13.9 Å². The lowest BCUT2D eigenvalue weighted by Crippen LogP contribution is -1.96. The Labute approximate surface area is 195 Å². The Balaban J connectivity index is 1.68. The molecule has 0 aliphatic rings. The van der Waals surface area contributed by atoms with Crippen molar-refractivity contribution in [1.82, 2.24) is 19.1 Å². The van der Waals surface area contributed by atoms with E-state index in [0.717, 1.165) is 61.1 Å². The van der Waals surface area contributed by atoms with Crippen LogP contribution in [0.25, 0.3) is 55.4 Å². The maximum absolute atomic E-state index is 5.52. The van der Waals surface area contributed by atoms with Gasteiger partial charge in [-0.2, -0.15) is 0 Å². The lowest BCUT2D eigenvalue weighted by molar-refractivity contribution is 0.414. The molecule has 0 saturated heterocycles. The van der Waals surface area contributed by atoms with Gasteiger partial charge in [0.15, 0.2) is 0 Å². The number of benzene rings is 3. The van der Waals surface area contributed by atoms with Crippen LogP contribution in [0, 0.1) is 0 Å². The summed E-state index contributed by atoms with van der Waals surface area (Å²) in [7, 11) is 1.69. The second kappa shape index (κ2) is 7.18. The molecule has 7 rings (SSSR count). The first kappa shape index (κ1) is 18.9. The largest absolute Gasteiger partial charge is 0.497 e. The summed E-state index contributed by atoms with van der Waals surface area (Å²) in [5.41, 5.74) is 9.09. The van der Waals surface area contributed by atoms with Crippen molar-refractivity contribution in [3.05, 3.63) is 103 Å². The van der Waals surface area contributed by atoms with Gasteiger partial charge in [-0.3, -0.25) is 4.98 Å². The van der Waals surface area contributed by atoms with E-state index in [2.05, 4.69) is 75.9 Å². The third-order valence-corrected chi connectivity index (χ3v) is 6.44. The summed E-state index contributed by atoms with van der Waals surface area (Å²) < 4.78 is 10.0. The van der Waals surface area contributed by atoms with Gasteiger partial charge in [-0.05, 0) is 48.5 Å². The molecule has 0 unspecified atom stereocenters. The first-order valence-electron chi connectivity index (χ1n) is 11.2. The third-order valence-electron chi connectivity index (χ3n) is 6.44. The van der Waals surface area contributed by atoms with E-state index in [4.69, 9.17) is 14.7 Å². The topological polar surface area (TPSA) is 44.9 Å². The van der Waals surface area contributed by atoms with Crippen LogP contribution in [0.5, 0.6) is 5.75 Å². The zero-order valence-electron chi connectivity index (χ0n) is 18.5. The maximum atomic E-state index is 5.52. The van der Waals surface area contributed by atoms with E-state index in [1.807, 2.05) is 36.5 Å². The van der Waals surface area contributed by atoms with Gasteiger partial charge in [0.05, 0.1) is 34.7 Å². The van der Waals surface area contributed by atoms with Gasteiger partial charge >= 0.3 is 0 Å². The normalized spacial score (nSPS) is 11.7. The van der Waals surface area contributed by atoms with Gasteiger partial charge in [-0.25, -0.2) is 4.98 Å². The number of nitrogens with zero attached hydrogens (tertiary/aromatic N) is 4. The molecule has 162 valence electrons. The summed E-state index contributed by atoms with van der Waals surface area (Å²) in [5, 5.41) is 1.13. The summed E-state index contributed by atoms with van der Waals surface area (Å²) in [4.78, 5) is 9.96. The molecule has 0 spiro atoms. The molecule has 0 saturated carbocycles. The minimum absolute atomic E-state index is 0.809. The highest BCUT2D eigenvalue weighted by atomic mass is 16.5. The Hall–Kier alpha value is -4.64. The molecule has 0 atom stereocenters. The SMILES string of the molecule is COc1cccc(-n2c3cccnc3c3nc4c5ccccc5n(-c5ccccc5)c4cc32)c1. The van der Waals surface area contributed by atoms with Crippen molar-refractivity contribution in [2.24, 2.45) is 0 Å². The van der Waals surface area contributed by atoms with E-state index in [1.165, 1.54) is 0 Å². The van der Waals surface area contributed by atoms with Crippen molar-refractivity contribution < 1.29 is 4.74 Å². The first-order chi connectivity index (χ1) is 16.8. The maximum Gasteiger partial charge on any atom is 0.120 e. The summed E-state index contributed by atoms with van der Waals surface area (Å²) >= 11 is 0. The smallest absolute Gasteiger partial charge is 0.120 e. The number of fused-ring (bicyclic) bond motifs is 6. The molecule has 0 aliphatic heterocycles. The minimum atomic E-state index is 0.809. The van der Waals surface area contributed by atoms with Gasteiger partial charge in [0.1, 0.15) is 16.8 Å². The van der Waals surface area contributed by atoms with E-state index in [9.17, 15) is 0 Å². The van der Waals surface area contributed by atoms with Crippen LogP contribution in [-0.2, 0) is 0 Å². The Kier molecular flexibility index (Phi) is 3.99. The van der Waals surface area contributed by atoms with Crippen LogP contribution in [0.2, 0.25) is 0 Å². The molecule has 0 fully saturated rings. The highest BCUT2D eigenvalue weighted by molar-refractivity contribution is 6.14. The molecule has 4 heterocycles. The van der Waals surface area contributed by atoms with E-state index >= 15 is 0 Å². The average molecular weight is 441 g/mol. The van der Waals surface area contributed by atoms with Gasteiger partial charge in [-0.15, -0.1) is 0 Å². The van der Waals surface area contributed by atoms with Crippen molar-refractivity contribution in [2.75, 3.05) is 7.11 Å². The van der Waals surface area contributed by atoms with Crippen LogP contribution in [-0.4, -0.2) is 26.2 Å². The fraction of sp³-hybridized carbons (Fsp3) is 0.0345. The van der Waals surface area contributed by atoms with Crippen LogP contribution in [0.15, 0.2) is 103 Å². The van der Waals surface area contributed by atoms with E-state index in [1.54, 1.807) is 7.11 Å². The Bertz CT molecular complexity index is 1850. The number of para-hydroxylation sites is 2. The third kappa shape index (κ3) is 2.61. The highest BCUT2D eigenvalue weighted by Gasteiger charge is 2.20. The second-order valence-corrected chi connectivity index (χ2v) is 8.32. The van der Waals surface area contributed by atoms with E-state index in [-0.39, 0.29) is 0 Å². The fourth-order valence-corrected chi connectivity index (χ4v) is 4.98. The molecule has 0 aliphatic carbocycles. The zero-order valence-corrected chi connectivity index (χ0v) is 18.5. The van der Waals surface area contributed by atoms with Crippen molar-refractivity contribution in [2.45, 2.75) is 0 Å². The minimum Gasteiger partial charge on any atom is -0.497 e. The van der Waals surface area contributed by atoms with E-state index in [0.29, 0.717) is 0 Å². The Morgan fingerprint density at radius 2 is 1.32 bits per heavy atom. The number of pyridine rings is 2. The van der Waals surface area contributed by atoms with Crippen LogP contribution in [0.1, 0.15) is 0 Å². The molecule has 3 aromatic carbocycles. The summed E-state index contributed by atoms with van der Waals surface area (Å²) in [6.45, 7) is 0.